The Morgan fingerprint density at radius 2 is 1.43 bits per heavy atom. The van der Waals surface area contributed by atoms with Crippen LogP contribution in [-0.4, -0.2) is 17.5 Å². The third-order valence-corrected chi connectivity index (χ3v) is 3.56. The van der Waals surface area contributed by atoms with E-state index in [4.69, 9.17) is 0 Å². The normalized spacial score (nSPS) is 16.2. The van der Waals surface area contributed by atoms with E-state index in [0.717, 1.165) is 11.1 Å². The Hall–Kier alpha value is -2.75. The van der Waals surface area contributed by atoms with Crippen LogP contribution < -0.4 is 5.32 Å². The molecule has 4 heteroatoms. The lowest BCUT2D eigenvalue weighted by atomic mass is 9.83. The van der Waals surface area contributed by atoms with Crippen molar-refractivity contribution in [3.05, 3.63) is 71.8 Å². The number of Topliss-reactive ketones (excluding diaryl/α,β-unsaturated/α-hetero) is 1. The van der Waals surface area contributed by atoms with Crippen LogP contribution in [0.1, 0.15) is 18.1 Å². The summed E-state index contributed by atoms with van der Waals surface area (Å²) in [5.41, 5.74) is 0.290. The van der Waals surface area contributed by atoms with Crippen LogP contribution in [0.4, 0.5) is 0 Å². The topological polar surface area (TPSA) is 58.5 Å². The molecule has 1 aliphatic heterocycles. The second-order valence-corrected chi connectivity index (χ2v) is 4.91. The predicted octanol–water partition coefficient (Wildman–Crippen LogP) is 2.05. The van der Waals surface area contributed by atoms with Gasteiger partial charge in [0.1, 0.15) is 0 Å². The molecule has 0 spiro atoms. The molecule has 2 aromatic carbocycles. The van der Waals surface area contributed by atoms with E-state index in [1.165, 1.54) is 6.92 Å². The third kappa shape index (κ3) is 2.05. The summed E-state index contributed by atoms with van der Waals surface area (Å²) in [6.45, 7) is 1.39. The van der Waals surface area contributed by atoms with E-state index < -0.39 is 5.54 Å². The van der Waals surface area contributed by atoms with Gasteiger partial charge in [0.05, 0.1) is 0 Å². The Labute approximate surface area is 122 Å². The first-order valence-corrected chi connectivity index (χ1v) is 6.68. The first kappa shape index (κ1) is 13.2. The van der Waals surface area contributed by atoms with Crippen LogP contribution in [0.2, 0.25) is 0 Å². The molecule has 1 N–H and O–H groups in total. The fourth-order valence-corrected chi connectivity index (χ4v) is 2.53. The van der Waals surface area contributed by atoms with Crippen molar-refractivity contribution in [3.8, 4) is 0 Å². The minimum absolute atomic E-state index is 0.104. The first-order valence-electron chi connectivity index (χ1n) is 6.68. The van der Waals surface area contributed by atoms with E-state index in [1.54, 1.807) is 0 Å². The molecule has 0 saturated heterocycles. The van der Waals surface area contributed by atoms with Crippen molar-refractivity contribution in [3.63, 3.8) is 0 Å². The summed E-state index contributed by atoms with van der Waals surface area (Å²) in [5, 5.41) is 2.60. The van der Waals surface area contributed by atoms with Crippen molar-refractivity contribution >= 4 is 17.5 Å². The molecule has 0 bridgehead atoms. The first-order chi connectivity index (χ1) is 10.1. The summed E-state index contributed by atoms with van der Waals surface area (Å²) < 4.78 is 0. The van der Waals surface area contributed by atoms with Crippen LogP contribution in [-0.2, 0) is 15.1 Å². The van der Waals surface area contributed by atoms with Gasteiger partial charge in [0.25, 0.3) is 5.91 Å². The van der Waals surface area contributed by atoms with Gasteiger partial charge in [-0.15, -0.1) is 0 Å². The molecule has 0 atom stereocenters. The molecule has 0 saturated carbocycles. The van der Waals surface area contributed by atoms with Crippen molar-refractivity contribution in [1.82, 2.24) is 5.32 Å². The molecule has 3 rings (SSSR count). The highest BCUT2D eigenvalue weighted by molar-refractivity contribution is 6.43. The van der Waals surface area contributed by atoms with E-state index in [0.29, 0.717) is 0 Å². The van der Waals surface area contributed by atoms with Gasteiger partial charge in [-0.3, -0.25) is 9.59 Å². The van der Waals surface area contributed by atoms with Crippen LogP contribution in [0.3, 0.4) is 0 Å². The molecule has 2 aromatic rings. The zero-order valence-corrected chi connectivity index (χ0v) is 11.5. The van der Waals surface area contributed by atoms with Gasteiger partial charge in [0.2, 0.25) is 0 Å². The second-order valence-electron chi connectivity index (χ2n) is 4.91. The number of ketones is 1. The Morgan fingerprint density at radius 1 is 0.952 bits per heavy atom. The van der Waals surface area contributed by atoms with Gasteiger partial charge in [-0.25, -0.2) is 4.99 Å². The smallest absolute Gasteiger partial charge is 0.262 e. The molecule has 0 unspecified atom stereocenters. The van der Waals surface area contributed by atoms with Crippen LogP contribution in [0, 0.1) is 0 Å². The number of amidine groups is 1. The molecule has 104 valence electrons. The SMILES string of the molecule is CC(=O)C1=NC(c2ccccc2)(c2ccccc2)C(=O)N1. The summed E-state index contributed by atoms with van der Waals surface area (Å²) in [5.74, 6) is -0.449. The Kier molecular flexibility index (Phi) is 3.14. The van der Waals surface area contributed by atoms with Gasteiger partial charge >= 0.3 is 0 Å². The highest BCUT2D eigenvalue weighted by atomic mass is 16.2. The van der Waals surface area contributed by atoms with Crippen LogP contribution >= 0.6 is 0 Å². The fourth-order valence-electron chi connectivity index (χ4n) is 2.53. The maximum Gasteiger partial charge on any atom is 0.262 e. The second kappa shape index (κ2) is 4.98. The number of aliphatic imine (C=N–C) groups is 1. The monoisotopic (exact) mass is 278 g/mol. The number of amides is 1. The predicted molar refractivity (Wildman–Crippen MR) is 79.9 cm³/mol. The molecule has 0 aliphatic carbocycles. The van der Waals surface area contributed by atoms with Gasteiger partial charge in [-0.1, -0.05) is 60.7 Å². The largest absolute Gasteiger partial charge is 0.305 e. The summed E-state index contributed by atoms with van der Waals surface area (Å²) in [6, 6.07) is 18.6. The molecular formula is C17H14N2O2. The highest BCUT2D eigenvalue weighted by Gasteiger charge is 2.47. The van der Waals surface area contributed by atoms with Crippen molar-refractivity contribution < 1.29 is 9.59 Å². The lowest BCUT2D eigenvalue weighted by molar-refractivity contribution is -0.123. The van der Waals surface area contributed by atoms with E-state index in [1.807, 2.05) is 60.7 Å². The van der Waals surface area contributed by atoms with Crippen molar-refractivity contribution in [2.45, 2.75) is 12.5 Å². The number of carbonyl (C=O) groups excluding carboxylic acids is 2. The van der Waals surface area contributed by atoms with Crippen LogP contribution in [0.25, 0.3) is 0 Å². The summed E-state index contributed by atoms with van der Waals surface area (Å²) in [6.07, 6.45) is 0. The molecule has 1 amide bonds. The maximum atomic E-state index is 12.6. The number of nitrogens with one attached hydrogen (secondary N) is 1. The summed E-state index contributed by atoms with van der Waals surface area (Å²) >= 11 is 0. The highest BCUT2D eigenvalue weighted by Crippen LogP contribution is 2.36. The average molecular weight is 278 g/mol. The van der Waals surface area contributed by atoms with Crippen molar-refractivity contribution in [2.24, 2.45) is 4.99 Å². The lowest BCUT2D eigenvalue weighted by Gasteiger charge is -2.24. The van der Waals surface area contributed by atoms with Gasteiger partial charge < -0.3 is 5.32 Å². The summed E-state index contributed by atoms with van der Waals surface area (Å²) in [7, 11) is 0. The van der Waals surface area contributed by atoms with E-state index in [-0.39, 0.29) is 17.5 Å². The van der Waals surface area contributed by atoms with Crippen LogP contribution in [0.15, 0.2) is 65.7 Å². The van der Waals surface area contributed by atoms with Gasteiger partial charge in [0.15, 0.2) is 17.2 Å². The van der Waals surface area contributed by atoms with E-state index >= 15 is 0 Å². The van der Waals surface area contributed by atoms with Crippen molar-refractivity contribution in [2.75, 3.05) is 0 Å². The molecule has 0 aromatic heterocycles. The number of hydrogen-bond acceptors (Lipinski definition) is 3. The maximum absolute atomic E-state index is 12.6. The minimum atomic E-state index is -1.19. The lowest BCUT2D eigenvalue weighted by Crippen LogP contribution is -2.39. The Balaban J connectivity index is 2.27. The number of carbonyl (C=O) groups is 2. The molecule has 4 nitrogen and oxygen atoms in total. The number of benzene rings is 2. The minimum Gasteiger partial charge on any atom is -0.305 e. The number of rotatable bonds is 3. The molecule has 0 radical (unpaired) electrons. The quantitative estimate of drug-likeness (QED) is 0.934. The fraction of sp³-hybridized carbons (Fsp3) is 0.118. The number of hydrogen-bond donors (Lipinski definition) is 1. The third-order valence-electron chi connectivity index (χ3n) is 3.56. The molecule has 1 aliphatic rings. The van der Waals surface area contributed by atoms with Crippen LogP contribution in [0.5, 0.6) is 0 Å². The zero-order valence-electron chi connectivity index (χ0n) is 11.5. The molecule has 21 heavy (non-hydrogen) atoms. The van der Waals surface area contributed by atoms with E-state index in [2.05, 4.69) is 10.3 Å². The zero-order chi connectivity index (χ0) is 14.9. The van der Waals surface area contributed by atoms with E-state index in [9.17, 15) is 9.59 Å². The Morgan fingerprint density at radius 3 is 1.81 bits per heavy atom. The number of nitrogens with zero attached hydrogens (tertiary/aromatic N) is 1. The molecule has 1 heterocycles. The Bertz CT molecular complexity index is 681. The standard InChI is InChI=1S/C17H14N2O2/c1-12(20)15-18-16(21)17(19-15,13-8-4-2-5-9-13)14-10-6-3-7-11-14/h2-11H,1H3,(H,18,19,21). The summed E-state index contributed by atoms with van der Waals surface area (Å²) in [4.78, 5) is 28.7. The van der Waals surface area contributed by atoms with Gasteiger partial charge in [-0.05, 0) is 11.1 Å². The van der Waals surface area contributed by atoms with Gasteiger partial charge in [-0.2, -0.15) is 0 Å². The molecule has 0 fully saturated rings. The van der Waals surface area contributed by atoms with Gasteiger partial charge in [0, 0.05) is 6.92 Å². The molecular weight excluding hydrogens is 264 g/mol. The van der Waals surface area contributed by atoms with Crippen molar-refractivity contribution in [1.29, 1.82) is 0 Å². The average Bonchev–Trinajstić information content (AvgIpc) is 2.88.